The molecule has 0 aliphatic carbocycles. The number of nitrogens with two attached hydrogens (primary N) is 1. The lowest BCUT2D eigenvalue weighted by molar-refractivity contribution is 0.113. The molecule has 0 saturated carbocycles. The Morgan fingerprint density at radius 3 is 2.25 bits per heavy atom. The van der Waals surface area contributed by atoms with Crippen LogP contribution in [0.1, 0.15) is 19.4 Å². The summed E-state index contributed by atoms with van der Waals surface area (Å²) in [5.74, 6) is 1.21. The van der Waals surface area contributed by atoms with Crippen molar-refractivity contribution in [1.29, 1.82) is 0 Å². The zero-order chi connectivity index (χ0) is 11.5. The maximum Gasteiger partial charge on any atom is 0.0233 e. The maximum absolute atomic E-state index is 6.15. The first-order valence-corrected chi connectivity index (χ1v) is 6.18. The highest BCUT2D eigenvalue weighted by Crippen LogP contribution is 2.21. The molecule has 2 unspecified atom stereocenters. The van der Waals surface area contributed by atoms with Crippen molar-refractivity contribution in [3.63, 3.8) is 0 Å². The molecular formula is C14H22N2. The number of hydrogen-bond acceptors (Lipinski definition) is 2. The minimum atomic E-state index is 0.368. The number of piperidine rings is 1. The molecule has 1 heterocycles. The summed E-state index contributed by atoms with van der Waals surface area (Å²) in [6, 6.07) is 11.1. The van der Waals surface area contributed by atoms with Crippen molar-refractivity contribution in [2.45, 2.75) is 26.4 Å². The van der Waals surface area contributed by atoms with E-state index in [0.29, 0.717) is 17.9 Å². The number of likely N-dealkylation sites (tertiary alicyclic amines) is 1. The summed E-state index contributed by atoms with van der Waals surface area (Å²) >= 11 is 0. The predicted octanol–water partition coefficient (Wildman–Crippen LogP) is 2.10. The maximum atomic E-state index is 6.15. The normalized spacial score (nSPS) is 31.6. The summed E-state index contributed by atoms with van der Waals surface area (Å²) in [7, 11) is 0. The van der Waals surface area contributed by atoms with Gasteiger partial charge in [-0.1, -0.05) is 44.2 Å². The first-order chi connectivity index (χ1) is 7.66. The monoisotopic (exact) mass is 218 g/mol. The molecule has 1 aromatic carbocycles. The minimum Gasteiger partial charge on any atom is -0.327 e. The van der Waals surface area contributed by atoms with Crippen molar-refractivity contribution in [2.24, 2.45) is 17.6 Å². The molecule has 0 spiro atoms. The average molecular weight is 218 g/mol. The van der Waals surface area contributed by atoms with Crippen molar-refractivity contribution in [1.82, 2.24) is 4.90 Å². The molecule has 2 atom stereocenters. The van der Waals surface area contributed by atoms with Gasteiger partial charge in [-0.05, 0) is 17.4 Å². The highest BCUT2D eigenvalue weighted by Gasteiger charge is 2.28. The molecule has 2 N–H and O–H groups in total. The predicted molar refractivity (Wildman–Crippen MR) is 68.0 cm³/mol. The fraction of sp³-hybridized carbons (Fsp3) is 0.571. The van der Waals surface area contributed by atoms with Crippen LogP contribution in [0.3, 0.4) is 0 Å². The Bertz CT molecular complexity index is 311. The lowest BCUT2D eigenvalue weighted by atomic mass is 9.86. The topological polar surface area (TPSA) is 29.3 Å². The van der Waals surface area contributed by atoms with Gasteiger partial charge < -0.3 is 5.73 Å². The third-order valence-corrected chi connectivity index (χ3v) is 3.66. The highest BCUT2D eigenvalue weighted by molar-refractivity contribution is 5.14. The van der Waals surface area contributed by atoms with Crippen LogP contribution in [0.15, 0.2) is 30.3 Å². The van der Waals surface area contributed by atoms with Gasteiger partial charge in [-0.3, -0.25) is 4.90 Å². The van der Waals surface area contributed by atoms with E-state index in [-0.39, 0.29) is 0 Å². The van der Waals surface area contributed by atoms with Crippen LogP contribution in [0, 0.1) is 11.8 Å². The summed E-state index contributed by atoms with van der Waals surface area (Å²) in [5.41, 5.74) is 7.55. The standard InChI is InChI=1S/C14H22N2/c1-11-8-16(9-12(2)14(11)15)10-13-6-4-3-5-7-13/h3-7,11-12,14H,8-10,15H2,1-2H3. The third kappa shape index (κ3) is 2.63. The molecule has 16 heavy (non-hydrogen) atoms. The molecule has 0 radical (unpaired) electrons. The molecule has 0 amide bonds. The number of nitrogens with zero attached hydrogens (tertiary/aromatic N) is 1. The van der Waals surface area contributed by atoms with Crippen molar-refractivity contribution < 1.29 is 0 Å². The largest absolute Gasteiger partial charge is 0.327 e. The second-order valence-corrected chi connectivity index (χ2v) is 5.21. The number of benzene rings is 1. The van der Waals surface area contributed by atoms with Crippen LogP contribution >= 0.6 is 0 Å². The molecule has 2 heteroatoms. The molecule has 0 bridgehead atoms. The Labute approximate surface area is 98.4 Å². The molecule has 2 nitrogen and oxygen atoms in total. The molecule has 88 valence electrons. The fourth-order valence-corrected chi connectivity index (χ4v) is 2.66. The van der Waals surface area contributed by atoms with Gasteiger partial charge in [0.05, 0.1) is 0 Å². The van der Waals surface area contributed by atoms with E-state index in [4.69, 9.17) is 5.73 Å². The summed E-state index contributed by atoms with van der Waals surface area (Å²) in [4.78, 5) is 2.52. The summed E-state index contributed by atoms with van der Waals surface area (Å²) in [5, 5.41) is 0. The van der Waals surface area contributed by atoms with E-state index in [1.807, 2.05) is 0 Å². The van der Waals surface area contributed by atoms with E-state index < -0.39 is 0 Å². The quantitative estimate of drug-likeness (QED) is 0.823. The van der Waals surface area contributed by atoms with Crippen molar-refractivity contribution in [2.75, 3.05) is 13.1 Å². The van der Waals surface area contributed by atoms with Gasteiger partial charge in [0.25, 0.3) is 0 Å². The van der Waals surface area contributed by atoms with Crippen LogP contribution < -0.4 is 5.73 Å². The molecule has 1 aromatic rings. The first kappa shape index (κ1) is 11.6. The third-order valence-electron chi connectivity index (χ3n) is 3.66. The molecule has 1 fully saturated rings. The Balaban J connectivity index is 1.97. The van der Waals surface area contributed by atoms with Gasteiger partial charge in [0.2, 0.25) is 0 Å². The lowest BCUT2D eigenvalue weighted by Gasteiger charge is -2.39. The molecule has 1 aliphatic heterocycles. The van der Waals surface area contributed by atoms with Crippen molar-refractivity contribution in [3.8, 4) is 0 Å². The van der Waals surface area contributed by atoms with E-state index in [1.165, 1.54) is 5.56 Å². The molecular weight excluding hydrogens is 196 g/mol. The summed E-state index contributed by atoms with van der Waals surface area (Å²) in [6.07, 6.45) is 0. The molecule has 2 rings (SSSR count). The smallest absolute Gasteiger partial charge is 0.0233 e. The van der Waals surface area contributed by atoms with E-state index in [2.05, 4.69) is 49.1 Å². The molecule has 1 saturated heterocycles. The van der Waals surface area contributed by atoms with Gasteiger partial charge in [-0.2, -0.15) is 0 Å². The molecule has 0 aromatic heterocycles. The van der Waals surface area contributed by atoms with Gasteiger partial charge >= 0.3 is 0 Å². The van der Waals surface area contributed by atoms with Crippen LogP contribution in [0.25, 0.3) is 0 Å². The Morgan fingerprint density at radius 1 is 1.12 bits per heavy atom. The Kier molecular flexibility index (Phi) is 3.62. The Hall–Kier alpha value is -0.860. The highest BCUT2D eigenvalue weighted by atomic mass is 15.1. The minimum absolute atomic E-state index is 0.368. The zero-order valence-corrected chi connectivity index (χ0v) is 10.3. The molecule has 1 aliphatic rings. The lowest BCUT2D eigenvalue weighted by Crippen LogP contribution is -2.50. The average Bonchev–Trinajstić information content (AvgIpc) is 2.27. The zero-order valence-electron chi connectivity index (χ0n) is 10.3. The van der Waals surface area contributed by atoms with E-state index >= 15 is 0 Å². The number of hydrogen-bond donors (Lipinski definition) is 1. The number of rotatable bonds is 2. The van der Waals surface area contributed by atoms with Crippen LogP contribution in [-0.4, -0.2) is 24.0 Å². The van der Waals surface area contributed by atoms with E-state index in [9.17, 15) is 0 Å². The van der Waals surface area contributed by atoms with Gasteiger partial charge in [0, 0.05) is 25.7 Å². The van der Waals surface area contributed by atoms with Gasteiger partial charge in [0.1, 0.15) is 0 Å². The van der Waals surface area contributed by atoms with Crippen LogP contribution in [0.4, 0.5) is 0 Å². The second-order valence-electron chi connectivity index (χ2n) is 5.21. The Morgan fingerprint density at radius 2 is 1.69 bits per heavy atom. The summed E-state index contributed by atoms with van der Waals surface area (Å²) < 4.78 is 0. The SMILES string of the molecule is CC1CN(Cc2ccccc2)CC(C)C1N. The van der Waals surface area contributed by atoms with Crippen LogP contribution in [0.2, 0.25) is 0 Å². The second kappa shape index (κ2) is 4.98. The fourth-order valence-electron chi connectivity index (χ4n) is 2.66. The van der Waals surface area contributed by atoms with Crippen molar-refractivity contribution >= 4 is 0 Å². The van der Waals surface area contributed by atoms with E-state index in [1.54, 1.807) is 0 Å². The van der Waals surface area contributed by atoms with Gasteiger partial charge in [0.15, 0.2) is 0 Å². The van der Waals surface area contributed by atoms with Gasteiger partial charge in [-0.15, -0.1) is 0 Å². The van der Waals surface area contributed by atoms with E-state index in [0.717, 1.165) is 19.6 Å². The van der Waals surface area contributed by atoms with Crippen LogP contribution in [-0.2, 0) is 6.54 Å². The van der Waals surface area contributed by atoms with Crippen molar-refractivity contribution in [3.05, 3.63) is 35.9 Å². The van der Waals surface area contributed by atoms with Crippen LogP contribution in [0.5, 0.6) is 0 Å². The summed E-state index contributed by atoms with van der Waals surface area (Å²) in [6.45, 7) is 7.83. The van der Waals surface area contributed by atoms with Gasteiger partial charge in [-0.25, -0.2) is 0 Å². The first-order valence-electron chi connectivity index (χ1n) is 6.18.